The first-order valence-corrected chi connectivity index (χ1v) is 5.98. The number of carbonyl (C=O) groups is 2. The van der Waals surface area contributed by atoms with E-state index in [9.17, 15) is 22.8 Å². The van der Waals surface area contributed by atoms with Crippen molar-refractivity contribution in [2.24, 2.45) is 0 Å². The molecule has 0 radical (unpaired) electrons. The Kier molecular flexibility index (Phi) is 3.78. The molecule has 20 heavy (non-hydrogen) atoms. The fourth-order valence-electron chi connectivity index (χ4n) is 2.03. The monoisotopic (exact) mass is 290 g/mol. The number of rotatable bonds is 4. The van der Waals surface area contributed by atoms with Crippen LogP contribution in [0.2, 0.25) is 0 Å². The van der Waals surface area contributed by atoms with Gasteiger partial charge in [0.15, 0.2) is 12.5 Å². The lowest BCUT2D eigenvalue weighted by molar-refractivity contribution is -0.136. The standard InChI is InChI=1S/C11H13F3N4O2/c1-7(19)4-9(20)17-2-3-18-8(5-17)15-16-10(18)11(13,14)6-12/h2-6H2,1H3. The first-order chi connectivity index (χ1) is 9.35. The number of nitrogens with zero attached hydrogens (tertiary/aromatic N) is 4. The minimum atomic E-state index is -3.68. The van der Waals surface area contributed by atoms with Crippen LogP contribution in [-0.2, 0) is 28.6 Å². The second-order valence-electron chi connectivity index (χ2n) is 4.62. The van der Waals surface area contributed by atoms with Gasteiger partial charge in [0.05, 0.1) is 13.0 Å². The molecule has 110 valence electrons. The summed E-state index contributed by atoms with van der Waals surface area (Å²) in [4.78, 5) is 24.0. The van der Waals surface area contributed by atoms with Gasteiger partial charge in [0, 0.05) is 13.1 Å². The topological polar surface area (TPSA) is 68.1 Å². The number of halogens is 3. The number of Topliss-reactive ketones (excluding diaryl/α,β-unsaturated/α-hetero) is 1. The Hall–Kier alpha value is -1.93. The smallest absolute Gasteiger partial charge is 0.333 e. The van der Waals surface area contributed by atoms with Gasteiger partial charge in [0.25, 0.3) is 0 Å². The van der Waals surface area contributed by atoms with Crippen molar-refractivity contribution in [2.45, 2.75) is 32.4 Å². The highest BCUT2D eigenvalue weighted by atomic mass is 19.3. The van der Waals surface area contributed by atoms with E-state index in [0.29, 0.717) is 0 Å². The zero-order chi connectivity index (χ0) is 14.9. The highest BCUT2D eigenvalue weighted by Gasteiger charge is 2.40. The maximum absolute atomic E-state index is 13.3. The van der Waals surface area contributed by atoms with E-state index < -0.39 is 18.4 Å². The molecule has 0 spiro atoms. The molecule has 1 aliphatic heterocycles. The summed E-state index contributed by atoms with van der Waals surface area (Å²) in [5, 5.41) is 6.88. The molecule has 1 aliphatic rings. The Balaban J connectivity index is 2.17. The summed E-state index contributed by atoms with van der Waals surface area (Å²) >= 11 is 0. The van der Waals surface area contributed by atoms with Gasteiger partial charge >= 0.3 is 5.92 Å². The number of aromatic nitrogens is 3. The normalized spacial score (nSPS) is 15.1. The fourth-order valence-corrected chi connectivity index (χ4v) is 2.03. The summed E-state index contributed by atoms with van der Waals surface area (Å²) in [7, 11) is 0. The average Bonchev–Trinajstić information content (AvgIpc) is 2.81. The van der Waals surface area contributed by atoms with Gasteiger partial charge in [-0.3, -0.25) is 9.59 Å². The Labute approximate surface area is 112 Å². The Morgan fingerprint density at radius 1 is 1.30 bits per heavy atom. The Bertz CT molecular complexity index is 544. The zero-order valence-corrected chi connectivity index (χ0v) is 10.8. The van der Waals surface area contributed by atoms with Crippen LogP contribution in [-0.4, -0.2) is 44.6 Å². The van der Waals surface area contributed by atoms with E-state index in [2.05, 4.69) is 10.2 Å². The predicted octanol–water partition coefficient (Wildman–Crippen LogP) is 0.661. The number of hydrogen-bond donors (Lipinski definition) is 0. The summed E-state index contributed by atoms with van der Waals surface area (Å²) < 4.78 is 40.1. The maximum atomic E-state index is 13.3. The van der Waals surface area contributed by atoms with Crippen molar-refractivity contribution in [3.63, 3.8) is 0 Å². The van der Waals surface area contributed by atoms with Crippen LogP contribution < -0.4 is 0 Å². The Morgan fingerprint density at radius 3 is 2.60 bits per heavy atom. The molecule has 0 saturated carbocycles. The van der Waals surface area contributed by atoms with Gasteiger partial charge in [0.1, 0.15) is 5.78 Å². The van der Waals surface area contributed by atoms with E-state index in [4.69, 9.17) is 0 Å². The van der Waals surface area contributed by atoms with Gasteiger partial charge < -0.3 is 9.47 Å². The third kappa shape index (κ3) is 2.66. The highest BCUT2D eigenvalue weighted by Crippen LogP contribution is 2.28. The number of fused-ring (bicyclic) bond motifs is 1. The number of hydrogen-bond acceptors (Lipinski definition) is 4. The maximum Gasteiger partial charge on any atom is 0.334 e. The van der Waals surface area contributed by atoms with Crippen molar-refractivity contribution in [2.75, 3.05) is 13.2 Å². The lowest BCUT2D eigenvalue weighted by Gasteiger charge is -2.28. The van der Waals surface area contributed by atoms with Crippen molar-refractivity contribution in [3.8, 4) is 0 Å². The molecule has 0 aliphatic carbocycles. The van der Waals surface area contributed by atoms with Crippen LogP contribution in [0.3, 0.4) is 0 Å². The van der Waals surface area contributed by atoms with Crippen LogP contribution in [0.1, 0.15) is 25.0 Å². The molecule has 0 atom stereocenters. The van der Waals surface area contributed by atoms with Crippen LogP contribution in [0, 0.1) is 0 Å². The van der Waals surface area contributed by atoms with Gasteiger partial charge in [0.2, 0.25) is 11.7 Å². The number of ketones is 1. The molecule has 0 unspecified atom stereocenters. The number of carbonyl (C=O) groups excluding carboxylic acids is 2. The van der Waals surface area contributed by atoms with E-state index in [1.54, 1.807) is 0 Å². The van der Waals surface area contributed by atoms with E-state index >= 15 is 0 Å². The first-order valence-electron chi connectivity index (χ1n) is 5.98. The van der Waals surface area contributed by atoms with Crippen LogP contribution in [0.25, 0.3) is 0 Å². The molecule has 1 amide bonds. The summed E-state index contributed by atoms with van der Waals surface area (Å²) in [6, 6.07) is 0. The lowest BCUT2D eigenvalue weighted by atomic mass is 10.2. The van der Waals surface area contributed by atoms with Gasteiger partial charge in [-0.2, -0.15) is 8.78 Å². The molecular formula is C11H13F3N4O2. The van der Waals surface area contributed by atoms with Crippen LogP contribution in [0.4, 0.5) is 13.2 Å². The summed E-state index contributed by atoms with van der Waals surface area (Å²) in [5.74, 6) is -4.90. The summed E-state index contributed by atoms with van der Waals surface area (Å²) in [5.41, 5.74) is 0. The lowest BCUT2D eigenvalue weighted by Crippen LogP contribution is -2.40. The van der Waals surface area contributed by atoms with Gasteiger partial charge in [-0.15, -0.1) is 10.2 Å². The summed E-state index contributed by atoms with van der Waals surface area (Å²) in [6.45, 7) is -0.354. The molecule has 0 fully saturated rings. The van der Waals surface area contributed by atoms with Crippen LogP contribution >= 0.6 is 0 Å². The zero-order valence-electron chi connectivity index (χ0n) is 10.8. The largest absolute Gasteiger partial charge is 0.334 e. The second-order valence-corrected chi connectivity index (χ2v) is 4.62. The van der Waals surface area contributed by atoms with Crippen molar-refractivity contribution in [3.05, 3.63) is 11.6 Å². The van der Waals surface area contributed by atoms with Crippen molar-refractivity contribution in [1.82, 2.24) is 19.7 Å². The third-order valence-electron chi connectivity index (χ3n) is 3.00. The molecule has 0 bridgehead atoms. The molecule has 2 heterocycles. The SMILES string of the molecule is CC(=O)CC(=O)N1CCn2c(nnc2C(F)(F)CF)C1. The molecule has 9 heteroatoms. The molecule has 0 saturated heterocycles. The average molecular weight is 290 g/mol. The molecule has 0 aromatic carbocycles. The van der Waals surface area contributed by atoms with E-state index in [1.807, 2.05) is 0 Å². The summed E-state index contributed by atoms with van der Waals surface area (Å²) in [6.07, 6.45) is -0.234. The minimum Gasteiger partial charge on any atom is -0.333 e. The van der Waals surface area contributed by atoms with Crippen molar-refractivity contribution in [1.29, 1.82) is 0 Å². The second kappa shape index (κ2) is 5.22. The van der Waals surface area contributed by atoms with Gasteiger partial charge in [-0.05, 0) is 6.92 Å². The van der Waals surface area contributed by atoms with Crippen molar-refractivity contribution >= 4 is 11.7 Å². The third-order valence-corrected chi connectivity index (χ3v) is 3.00. The van der Waals surface area contributed by atoms with Gasteiger partial charge in [-0.1, -0.05) is 0 Å². The molecule has 2 rings (SSSR count). The fraction of sp³-hybridized carbons (Fsp3) is 0.636. The van der Waals surface area contributed by atoms with Gasteiger partial charge in [-0.25, -0.2) is 4.39 Å². The molecule has 6 nitrogen and oxygen atoms in total. The highest BCUT2D eigenvalue weighted by molar-refractivity contribution is 5.96. The minimum absolute atomic E-state index is 0.0124. The first kappa shape index (κ1) is 14.5. The quantitative estimate of drug-likeness (QED) is 0.764. The van der Waals surface area contributed by atoms with E-state index in [1.165, 1.54) is 11.8 Å². The molecule has 1 aromatic rings. The Morgan fingerprint density at radius 2 is 2.00 bits per heavy atom. The van der Waals surface area contributed by atoms with E-state index in [0.717, 1.165) is 4.57 Å². The number of alkyl halides is 3. The van der Waals surface area contributed by atoms with Crippen LogP contribution in [0.5, 0.6) is 0 Å². The van der Waals surface area contributed by atoms with E-state index in [-0.39, 0.29) is 43.6 Å². The molecule has 0 N–H and O–H groups in total. The van der Waals surface area contributed by atoms with Crippen molar-refractivity contribution < 1.29 is 22.8 Å². The molecule has 1 aromatic heterocycles. The predicted molar refractivity (Wildman–Crippen MR) is 60.6 cm³/mol. The van der Waals surface area contributed by atoms with Crippen LogP contribution in [0.15, 0.2) is 0 Å². The molecular weight excluding hydrogens is 277 g/mol. The number of amides is 1.